The predicted molar refractivity (Wildman–Crippen MR) is 93.5 cm³/mol. The van der Waals surface area contributed by atoms with E-state index in [0.29, 0.717) is 18.6 Å². The van der Waals surface area contributed by atoms with Crippen LogP contribution in [0.1, 0.15) is 23.1 Å². The van der Waals surface area contributed by atoms with Crippen molar-refractivity contribution in [1.82, 2.24) is 0 Å². The first-order valence-corrected chi connectivity index (χ1v) is 7.55. The number of esters is 1. The maximum Gasteiger partial charge on any atom is 0.305 e. The van der Waals surface area contributed by atoms with E-state index in [0.717, 1.165) is 16.7 Å². The number of aryl methyl sites for hydroxylation is 1. The molecular formula is C21H18O3. The molecule has 0 saturated carbocycles. The zero-order valence-electron chi connectivity index (χ0n) is 13.5. The van der Waals surface area contributed by atoms with Gasteiger partial charge in [0.2, 0.25) is 0 Å². The van der Waals surface area contributed by atoms with Crippen LogP contribution in [-0.4, -0.2) is 19.7 Å². The van der Waals surface area contributed by atoms with Gasteiger partial charge in [-0.25, -0.2) is 0 Å². The van der Waals surface area contributed by atoms with E-state index in [2.05, 4.69) is 22.5 Å². The van der Waals surface area contributed by atoms with E-state index in [1.54, 1.807) is 0 Å². The van der Waals surface area contributed by atoms with Crippen LogP contribution in [-0.2, 0) is 16.0 Å². The number of hydrogen-bond acceptors (Lipinski definition) is 3. The van der Waals surface area contributed by atoms with Gasteiger partial charge in [-0.2, -0.15) is 0 Å². The molecule has 2 rings (SSSR count). The number of rotatable bonds is 5. The van der Waals surface area contributed by atoms with Crippen LogP contribution in [0.15, 0.2) is 48.5 Å². The summed E-state index contributed by atoms with van der Waals surface area (Å²) in [6, 6.07) is 15.3. The molecule has 120 valence electrons. The van der Waals surface area contributed by atoms with E-state index >= 15 is 0 Å². The van der Waals surface area contributed by atoms with Crippen molar-refractivity contribution in [2.45, 2.75) is 12.8 Å². The van der Waals surface area contributed by atoms with Gasteiger partial charge in [-0.1, -0.05) is 36.0 Å². The van der Waals surface area contributed by atoms with Crippen molar-refractivity contribution in [2.75, 3.05) is 13.7 Å². The molecule has 0 fully saturated rings. The first kappa shape index (κ1) is 17.2. The summed E-state index contributed by atoms with van der Waals surface area (Å²) >= 11 is 0. The zero-order chi connectivity index (χ0) is 17.2. The van der Waals surface area contributed by atoms with Gasteiger partial charge in [0.05, 0.1) is 7.11 Å². The molecule has 2 aromatic carbocycles. The fraction of sp³-hybridized carbons (Fsp3) is 0.190. The molecule has 0 bridgehead atoms. The highest BCUT2D eigenvalue weighted by molar-refractivity contribution is 5.69. The van der Waals surface area contributed by atoms with Crippen LogP contribution in [0.3, 0.4) is 0 Å². The predicted octanol–water partition coefficient (Wildman–Crippen LogP) is 3.20. The molecule has 0 spiro atoms. The number of benzene rings is 2. The Labute approximate surface area is 142 Å². The standard InChI is InChI=1S/C21H18O3/c1-3-15-24-20-6-4-5-19(16-20)12-11-17-7-9-18(10-8-17)13-14-21(22)23-2/h1,4-10,16H,13-15H2,2H3. The molecule has 0 aromatic heterocycles. The van der Waals surface area contributed by atoms with Crippen LogP contribution < -0.4 is 4.74 Å². The number of carbonyl (C=O) groups is 1. The van der Waals surface area contributed by atoms with Crippen molar-refractivity contribution in [3.05, 3.63) is 65.2 Å². The SMILES string of the molecule is C#CCOc1cccc(C#Cc2ccc(CCC(=O)OC)cc2)c1. The minimum atomic E-state index is -0.203. The summed E-state index contributed by atoms with van der Waals surface area (Å²) in [5, 5.41) is 0. The average molecular weight is 318 g/mol. The lowest BCUT2D eigenvalue weighted by Gasteiger charge is -2.02. The van der Waals surface area contributed by atoms with Crippen molar-refractivity contribution in [3.8, 4) is 29.9 Å². The Balaban J connectivity index is 2.00. The fourth-order valence-electron chi connectivity index (χ4n) is 2.04. The molecule has 0 amide bonds. The quantitative estimate of drug-likeness (QED) is 0.627. The molecule has 2 aromatic rings. The third kappa shape index (κ3) is 5.55. The molecule has 0 aliphatic carbocycles. The summed E-state index contributed by atoms with van der Waals surface area (Å²) in [7, 11) is 1.40. The molecule has 3 heteroatoms. The van der Waals surface area contributed by atoms with E-state index in [-0.39, 0.29) is 12.6 Å². The highest BCUT2D eigenvalue weighted by Gasteiger charge is 2.01. The monoisotopic (exact) mass is 318 g/mol. The van der Waals surface area contributed by atoms with E-state index in [1.165, 1.54) is 7.11 Å². The lowest BCUT2D eigenvalue weighted by Crippen LogP contribution is -2.01. The highest BCUT2D eigenvalue weighted by Crippen LogP contribution is 2.13. The second-order valence-electron chi connectivity index (χ2n) is 5.04. The van der Waals surface area contributed by atoms with Crippen LogP contribution in [0.5, 0.6) is 5.75 Å². The number of terminal acetylenes is 1. The Morgan fingerprint density at radius 1 is 1.08 bits per heavy atom. The first-order chi connectivity index (χ1) is 11.7. The van der Waals surface area contributed by atoms with Crippen molar-refractivity contribution in [3.63, 3.8) is 0 Å². The summed E-state index contributed by atoms with van der Waals surface area (Å²) in [5.41, 5.74) is 2.85. The van der Waals surface area contributed by atoms with Gasteiger partial charge >= 0.3 is 5.97 Å². The van der Waals surface area contributed by atoms with E-state index in [9.17, 15) is 4.79 Å². The molecule has 0 aliphatic rings. The summed E-state index contributed by atoms with van der Waals surface area (Å²) < 4.78 is 10.0. The van der Waals surface area contributed by atoms with Crippen LogP contribution in [0.2, 0.25) is 0 Å². The van der Waals surface area contributed by atoms with Crippen molar-refractivity contribution in [1.29, 1.82) is 0 Å². The van der Waals surface area contributed by atoms with Crippen LogP contribution in [0, 0.1) is 24.2 Å². The third-order valence-corrected chi connectivity index (χ3v) is 3.31. The van der Waals surface area contributed by atoms with E-state index in [1.807, 2.05) is 48.5 Å². The van der Waals surface area contributed by atoms with Gasteiger partial charge in [-0.3, -0.25) is 4.79 Å². The first-order valence-electron chi connectivity index (χ1n) is 7.55. The summed E-state index contributed by atoms with van der Waals surface area (Å²) in [6.07, 6.45) is 6.22. The van der Waals surface area contributed by atoms with Crippen LogP contribution in [0.4, 0.5) is 0 Å². The Morgan fingerprint density at radius 3 is 2.54 bits per heavy atom. The second-order valence-corrected chi connectivity index (χ2v) is 5.04. The molecule has 0 aliphatic heterocycles. The maximum atomic E-state index is 11.1. The summed E-state index contributed by atoms with van der Waals surface area (Å²) in [5.74, 6) is 9.15. The molecular weight excluding hydrogens is 300 g/mol. The lowest BCUT2D eigenvalue weighted by atomic mass is 10.1. The van der Waals surface area contributed by atoms with Gasteiger partial charge in [0.25, 0.3) is 0 Å². The smallest absolute Gasteiger partial charge is 0.305 e. The third-order valence-electron chi connectivity index (χ3n) is 3.31. The van der Waals surface area contributed by atoms with Crippen molar-refractivity contribution >= 4 is 5.97 Å². The molecule has 3 nitrogen and oxygen atoms in total. The minimum absolute atomic E-state index is 0.203. The van der Waals surface area contributed by atoms with Crippen molar-refractivity contribution in [2.24, 2.45) is 0 Å². The average Bonchev–Trinajstić information content (AvgIpc) is 2.64. The van der Waals surface area contributed by atoms with Crippen LogP contribution in [0.25, 0.3) is 0 Å². The molecule has 0 unspecified atom stereocenters. The van der Waals surface area contributed by atoms with Crippen LogP contribution >= 0.6 is 0 Å². The Kier molecular flexibility index (Phi) is 6.50. The minimum Gasteiger partial charge on any atom is -0.481 e. The fourth-order valence-corrected chi connectivity index (χ4v) is 2.04. The maximum absolute atomic E-state index is 11.1. The molecule has 0 heterocycles. The largest absolute Gasteiger partial charge is 0.481 e. The summed E-state index contributed by atoms with van der Waals surface area (Å²) in [4.78, 5) is 11.1. The van der Waals surface area contributed by atoms with E-state index in [4.69, 9.17) is 11.2 Å². The molecule has 0 radical (unpaired) electrons. The van der Waals surface area contributed by atoms with Gasteiger partial charge in [-0.15, -0.1) is 6.42 Å². The Hall–Kier alpha value is -3.17. The topological polar surface area (TPSA) is 35.5 Å². The number of carbonyl (C=O) groups excluding carboxylic acids is 1. The van der Waals surface area contributed by atoms with Gasteiger partial charge in [0, 0.05) is 17.5 Å². The molecule has 0 saturated heterocycles. The van der Waals surface area contributed by atoms with E-state index < -0.39 is 0 Å². The second kappa shape index (κ2) is 9.08. The number of methoxy groups -OCH3 is 1. The van der Waals surface area contributed by atoms with Gasteiger partial charge in [0.15, 0.2) is 0 Å². The number of hydrogen-bond donors (Lipinski definition) is 0. The molecule has 0 N–H and O–H groups in total. The van der Waals surface area contributed by atoms with Crippen molar-refractivity contribution < 1.29 is 14.3 Å². The Morgan fingerprint density at radius 2 is 1.83 bits per heavy atom. The normalized spacial score (nSPS) is 9.33. The van der Waals surface area contributed by atoms with Gasteiger partial charge in [0.1, 0.15) is 12.4 Å². The Bertz CT molecular complexity index is 786. The number of ether oxygens (including phenoxy) is 2. The molecule has 0 atom stereocenters. The van der Waals surface area contributed by atoms with Gasteiger partial charge < -0.3 is 9.47 Å². The highest BCUT2D eigenvalue weighted by atomic mass is 16.5. The zero-order valence-corrected chi connectivity index (χ0v) is 13.5. The lowest BCUT2D eigenvalue weighted by molar-refractivity contribution is -0.140. The summed E-state index contributed by atoms with van der Waals surface area (Å²) in [6.45, 7) is 0.240. The molecule has 24 heavy (non-hydrogen) atoms. The van der Waals surface area contributed by atoms with Gasteiger partial charge in [-0.05, 0) is 42.3 Å².